The molecule has 1 rings (SSSR count). The first kappa shape index (κ1) is 7.07. The highest BCUT2D eigenvalue weighted by atomic mass is 14.5. The van der Waals surface area contributed by atoms with Crippen LogP contribution in [-0.2, 0) is 0 Å². The van der Waals surface area contributed by atoms with Crippen molar-refractivity contribution in [1.82, 2.24) is 0 Å². The van der Waals surface area contributed by atoms with Gasteiger partial charge >= 0.3 is 0 Å². The highest BCUT2D eigenvalue weighted by Crippen LogP contribution is 2.42. The molecule has 2 N–H and O–H groups in total. The van der Waals surface area contributed by atoms with E-state index in [2.05, 4.69) is 13.8 Å². The van der Waals surface area contributed by atoms with Gasteiger partial charge in [-0.05, 0) is 37.1 Å². The Labute approximate surface area is 57.6 Å². The molecule has 1 nitrogen and oxygen atoms in total. The third-order valence-electron chi connectivity index (χ3n) is 2.38. The zero-order valence-electron chi connectivity index (χ0n) is 6.43. The van der Waals surface area contributed by atoms with Gasteiger partial charge in [-0.15, -0.1) is 0 Å². The van der Waals surface area contributed by atoms with Crippen LogP contribution in [0, 0.1) is 17.8 Å². The second kappa shape index (κ2) is 2.70. The minimum atomic E-state index is 0.750. The van der Waals surface area contributed by atoms with E-state index in [1.54, 1.807) is 0 Å². The van der Waals surface area contributed by atoms with E-state index < -0.39 is 0 Å². The molecule has 1 saturated carbocycles. The molecule has 0 heterocycles. The summed E-state index contributed by atoms with van der Waals surface area (Å²) in [6, 6.07) is 0. The first-order valence-electron chi connectivity index (χ1n) is 3.94. The Bertz CT molecular complexity index is 88.6. The Hall–Kier alpha value is -0.0400. The van der Waals surface area contributed by atoms with Crippen LogP contribution in [0.3, 0.4) is 0 Å². The molecule has 0 saturated heterocycles. The quantitative estimate of drug-likeness (QED) is 0.612. The highest BCUT2D eigenvalue weighted by Gasteiger charge is 2.32. The zero-order chi connectivity index (χ0) is 6.85. The largest absolute Gasteiger partial charge is 0.330 e. The van der Waals surface area contributed by atoms with Crippen LogP contribution in [0.1, 0.15) is 26.7 Å². The minimum Gasteiger partial charge on any atom is -0.330 e. The van der Waals surface area contributed by atoms with E-state index in [1.165, 1.54) is 12.8 Å². The maximum absolute atomic E-state index is 5.49. The van der Waals surface area contributed by atoms with Crippen molar-refractivity contribution in [1.29, 1.82) is 0 Å². The van der Waals surface area contributed by atoms with Crippen LogP contribution in [0.4, 0.5) is 0 Å². The van der Waals surface area contributed by atoms with Crippen LogP contribution in [0.25, 0.3) is 0 Å². The molecule has 54 valence electrons. The summed E-state index contributed by atoms with van der Waals surface area (Å²) in [5.41, 5.74) is 5.49. The van der Waals surface area contributed by atoms with Gasteiger partial charge in [-0.3, -0.25) is 0 Å². The molecule has 1 aliphatic carbocycles. The van der Waals surface area contributed by atoms with Crippen molar-refractivity contribution in [2.24, 2.45) is 23.5 Å². The summed E-state index contributed by atoms with van der Waals surface area (Å²) in [6.45, 7) is 5.43. The smallest absolute Gasteiger partial charge is 0.00514 e. The van der Waals surface area contributed by atoms with Crippen molar-refractivity contribution in [2.75, 3.05) is 6.54 Å². The SMILES string of the molecule is CC(CN)CC1CC1C. The van der Waals surface area contributed by atoms with Gasteiger partial charge in [0.25, 0.3) is 0 Å². The molecule has 1 aliphatic rings. The Balaban J connectivity index is 2.05. The summed E-state index contributed by atoms with van der Waals surface area (Å²) in [6.07, 6.45) is 2.81. The van der Waals surface area contributed by atoms with Gasteiger partial charge in [0.1, 0.15) is 0 Å². The van der Waals surface area contributed by atoms with Gasteiger partial charge in [0.2, 0.25) is 0 Å². The van der Waals surface area contributed by atoms with Gasteiger partial charge in [-0.2, -0.15) is 0 Å². The predicted octanol–water partition coefficient (Wildman–Crippen LogP) is 1.63. The molecule has 3 unspecified atom stereocenters. The molecule has 1 fully saturated rings. The second-order valence-electron chi connectivity index (χ2n) is 3.55. The maximum Gasteiger partial charge on any atom is -0.00514 e. The first-order valence-corrected chi connectivity index (χ1v) is 3.94. The topological polar surface area (TPSA) is 26.0 Å². The van der Waals surface area contributed by atoms with Crippen LogP contribution in [0.2, 0.25) is 0 Å². The molecule has 0 radical (unpaired) electrons. The van der Waals surface area contributed by atoms with Gasteiger partial charge in [0.15, 0.2) is 0 Å². The highest BCUT2D eigenvalue weighted by molar-refractivity contribution is 4.83. The van der Waals surface area contributed by atoms with E-state index in [-0.39, 0.29) is 0 Å². The molecule has 0 aromatic carbocycles. The van der Waals surface area contributed by atoms with Gasteiger partial charge in [0, 0.05) is 0 Å². The van der Waals surface area contributed by atoms with Gasteiger partial charge < -0.3 is 5.73 Å². The first-order chi connectivity index (χ1) is 4.24. The van der Waals surface area contributed by atoms with Crippen LogP contribution in [-0.4, -0.2) is 6.54 Å². The van der Waals surface area contributed by atoms with Crippen molar-refractivity contribution < 1.29 is 0 Å². The standard InChI is InChI=1S/C8H17N/c1-6(5-9)3-8-4-7(8)2/h6-8H,3-5,9H2,1-2H3. The normalized spacial score (nSPS) is 36.3. The number of hydrogen-bond donors (Lipinski definition) is 1. The lowest BCUT2D eigenvalue weighted by atomic mass is 10.0. The van der Waals surface area contributed by atoms with E-state index >= 15 is 0 Å². The Morgan fingerprint density at radius 3 is 2.56 bits per heavy atom. The van der Waals surface area contributed by atoms with Crippen molar-refractivity contribution in [3.05, 3.63) is 0 Å². The lowest BCUT2D eigenvalue weighted by Gasteiger charge is -2.05. The van der Waals surface area contributed by atoms with E-state index in [0.29, 0.717) is 0 Å². The third-order valence-corrected chi connectivity index (χ3v) is 2.38. The van der Waals surface area contributed by atoms with E-state index in [4.69, 9.17) is 5.73 Å². The lowest BCUT2D eigenvalue weighted by molar-refractivity contribution is 0.491. The molecule has 1 heteroatoms. The van der Waals surface area contributed by atoms with E-state index in [1.807, 2.05) is 0 Å². The number of hydrogen-bond acceptors (Lipinski definition) is 1. The van der Waals surface area contributed by atoms with Gasteiger partial charge in [0.05, 0.1) is 0 Å². The molecule has 0 aromatic rings. The van der Waals surface area contributed by atoms with Crippen molar-refractivity contribution in [2.45, 2.75) is 26.7 Å². The molecule has 0 aliphatic heterocycles. The Morgan fingerprint density at radius 1 is 1.67 bits per heavy atom. The summed E-state index contributed by atoms with van der Waals surface area (Å²) >= 11 is 0. The van der Waals surface area contributed by atoms with Crippen LogP contribution < -0.4 is 5.73 Å². The molecule has 0 aromatic heterocycles. The number of nitrogens with two attached hydrogens (primary N) is 1. The van der Waals surface area contributed by atoms with E-state index in [0.717, 1.165) is 24.3 Å². The van der Waals surface area contributed by atoms with Crippen molar-refractivity contribution in [3.8, 4) is 0 Å². The Morgan fingerprint density at radius 2 is 2.22 bits per heavy atom. The molecule has 9 heavy (non-hydrogen) atoms. The Kier molecular flexibility index (Phi) is 2.12. The molecule has 0 bridgehead atoms. The molecule has 3 atom stereocenters. The zero-order valence-corrected chi connectivity index (χ0v) is 6.43. The average Bonchev–Trinajstić information content (AvgIpc) is 2.47. The summed E-state index contributed by atoms with van der Waals surface area (Å²) in [7, 11) is 0. The summed E-state index contributed by atoms with van der Waals surface area (Å²) in [4.78, 5) is 0. The summed E-state index contributed by atoms with van der Waals surface area (Å²) in [5.74, 6) is 2.77. The average molecular weight is 127 g/mol. The van der Waals surface area contributed by atoms with Crippen molar-refractivity contribution in [3.63, 3.8) is 0 Å². The predicted molar refractivity (Wildman–Crippen MR) is 40.1 cm³/mol. The van der Waals surface area contributed by atoms with E-state index in [9.17, 15) is 0 Å². The lowest BCUT2D eigenvalue weighted by Crippen LogP contribution is -2.11. The fourth-order valence-corrected chi connectivity index (χ4v) is 1.34. The maximum atomic E-state index is 5.49. The molecule has 0 amide bonds. The van der Waals surface area contributed by atoms with Crippen LogP contribution in [0.15, 0.2) is 0 Å². The molecular weight excluding hydrogens is 110 g/mol. The summed E-state index contributed by atoms with van der Waals surface area (Å²) < 4.78 is 0. The van der Waals surface area contributed by atoms with Gasteiger partial charge in [-0.25, -0.2) is 0 Å². The minimum absolute atomic E-state index is 0.750. The molecule has 0 spiro atoms. The fraction of sp³-hybridized carbons (Fsp3) is 1.00. The number of rotatable bonds is 3. The van der Waals surface area contributed by atoms with Crippen molar-refractivity contribution >= 4 is 0 Å². The third kappa shape index (κ3) is 1.98. The van der Waals surface area contributed by atoms with Gasteiger partial charge in [-0.1, -0.05) is 13.8 Å². The molecular formula is C8H17N. The fourth-order valence-electron chi connectivity index (χ4n) is 1.34. The monoisotopic (exact) mass is 127 g/mol. The van der Waals surface area contributed by atoms with Crippen LogP contribution in [0.5, 0.6) is 0 Å². The summed E-state index contributed by atoms with van der Waals surface area (Å²) in [5, 5.41) is 0. The van der Waals surface area contributed by atoms with Crippen LogP contribution >= 0.6 is 0 Å². The second-order valence-corrected chi connectivity index (χ2v) is 3.55.